The van der Waals surface area contributed by atoms with Crippen LogP contribution in [0.2, 0.25) is 10.3 Å². The van der Waals surface area contributed by atoms with Crippen molar-refractivity contribution in [3.05, 3.63) is 27.5 Å². The van der Waals surface area contributed by atoms with Crippen LogP contribution in [0.25, 0.3) is 0 Å². The molecule has 0 aromatic carbocycles. The normalized spacial score (nSPS) is 12.4. The summed E-state index contributed by atoms with van der Waals surface area (Å²) >= 11 is 11.7. The third-order valence-electron chi connectivity index (χ3n) is 1.77. The molecule has 0 aliphatic carbocycles. The first-order valence-electron chi connectivity index (χ1n) is 4.67. The highest BCUT2D eigenvalue weighted by Crippen LogP contribution is 2.20. The molecule has 0 radical (unpaired) electrons. The molecule has 0 saturated carbocycles. The average molecular weight is 245 g/mol. The zero-order chi connectivity index (χ0) is 11.6. The van der Waals surface area contributed by atoms with E-state index in [-0.39, 0.29) is 5.54 Å². The molecule has 1 rings (SSSR count). The molecule has 4 heteroatoms. The first-order valence-corrected chi connectivity index (χ1v) is 5.43. The Morgan fingerprint density at radius 1 is 1.33 bits per heavy atom. The van der Waals surface area contributed by atoms with Gasteiger partial charge < -0.3 is 0 Å². The van der Waals surface area contributed by atoms with E-state index in [9.17, 15) is 0 Å². The highest BCUT2D eigenvalue weighted by atomic mass is 35.5. The molecule has 82 valence electrons. The third-order valence-corrected chi connectivity index (χ3v) is 2.25. The summed E-state index contributed by atoms with van der Waals surface area (Å²) in [4.78, 5) is 8.36. The van der Waals surface area contributed by atoms with Crippen molar-refractivity contribution in [3.63, 3.8) is 0 Å². The fraction of sp³-hybridized carbons (Fsp3) is 0.455. The summed E-state index contributed by atoms with van der Waals surface area (Å²) in [6.07, 6.45) is 1.75. The van der Waals surface area contributed by atoms with E-state index in [1.165, 1.54) is 0 Å². The fourth-order valence-corrected chi connectivity index (χ4v) is 1.60. The van der Waals surface area contributed by atoms with E-state index in [0.29, 0.717) is 10.3 Å². The number of aliphatic imine (C=N–C) groups is 1. The van der Waals surface area contributed by atoms with Crippen molar-refractivity contribution >= 4 is 29.4 Å². The molecule has 0 aliphatic heterocycles. The molecule has 1 aromatic rings. The van der Waals surface area contributed by atoms with E-state index >= 15 is 0 Å². The standard InChI is InChI=1S/C11H14Cl2N2/c1-7-5-9(12)15-10(13)8(7)6-14-11(2,3)4/h5-6H,1-4H3/b14-6+. The van der Waals surface area contributed by atoms with Crippen molar-refractivity contribution in [1.29, 1.82) is 0 Å². The quantitative estimate of drug-likeness (QED) is 0.543. The second-order valence-electron chi connectivity index (χ2n) is 4.40. The zero-order valence-corrected chi connectivity index (χ0v) is 10.8. The van der Waals surface area contributed by atoms with Crippen LogP contribution in [0.15, 0.2) is 11.1 Å². The van der Waals surface area contributed by atoms with E-state index in [0.717, 1.165) is 11.1 Å². The third kappa shape index (κ3) is 3.80. The van der Waals surface area contributed by atoms with Crippen molar-refractivity contribution in [1.82, 2.24) is 4.98 Å². The maximum atomic E-state index is 5.98. The van der Waals surface area contributed by atoms with E-state index in [2.05, 4.69) is 9.98 Å². The number of nitrogens with zero attached hydrogens (tertiary/aromatic N) is 2. The van der Waals surface area contributed by atoms with Crippen LogP contribution in [0.4, 0.5) is 0 Å². The lowest BCUT2D eigenvalue weighted by Crippen LogP contribution is -2.10. The topological polar surface area (TPSA) is 25.2 Å². The second kappa shape index (κ2) is 4.50. The summed E-state index contributed by atoms with van der Waals surface area (Å²) in [7, 11) is 0. The molecule has 1 aromatic heterocycles. The van der Waals surface area contributed by atoms with Gasteiger partial charge in [-0.15, -0.1) is 0 Å². The molecule has 2 nitrogen and oxygen atoms in total. The minimum absolute atomic E-state index is 0.116. The van der Waals surface area contributed by atoms with Crippen LogP contribution >= 0.6 is 23.2 Å². The predicted molar refractivity (Wildman–Crippen MR) is 66.3 cm³/mol. The first kappa shape index (κ1) is 12.5. The summed E-state index contributed by atoms with van der Waals surface area (Å²) in [6, 6.07) is 1.78. The molecule has 15 heavy (non-hydrogen) atoms. The van der Waals surface area contributed by atoms with Crippen LogP contribution < -0.4 is 0 Å². The smallest absolute Gasteiger partial charge is 0.139 e. The van der Waals surface area contributed by atoms with Crippen molar-refractivity contribution in [2.75, 3.05) is 0 Å². The lowest BCUT2D eigenvalue weighted by Gasteiger charge is -2.11. The summed E-state index contributed by atoms with van der Waals surface area (Å²) < 4.78 is 0. The Labute approximate surface area is 100 Å². The Hall–Kier alpha value is -0.600. The van der Waals surface area contributed by atoms with Crippen LogP contribution in [0, 0.1) is 6.92 Å². The summed E-state index contributed by atoms with van der Waals surface area (Å²) in [5, 5.41) is 0.804. The average Bonchev–Trinajstić information content (AvgIpc) is 1.99. The number of halogens is 2. The number of aromatic nitrogens is 1. The van der Waals surface area contributed by atoms with Crippen LogP contribution in [-0.2, 0) is 0 Å². The van der Waals surface area contributed by atoms with Crippen LogP contribution in [0.5, 0.6) is 0 Å². The van der Waals surface area contributed by atoms with Crippen LogP contribution in [0.3, 0.4) is 0 Å². The predicted octanol–water partition coefficient (Wildman–Crippen LogP) is 3.91. The number of pyridine rings is 1. The monoisotopic (exact) mass is 244 g/mol. The van der Waals surface area contributed by atoms with Gasteiger partial charge in [0.2, 0.25) is 0 Å². The number of hydrogen-bond donors (Lipinski definition) is 0. The summed E-state index contributed by atoms with van der Waals surface area (Å²) in [6.45, 7) is 8.01. The molecule has 0 N–H and O–H groups in total. The number of aryl methyl sites for hydroxylation is 1. The minimum atomic E-state index is -0.116. The van der Waals surface area contributed by atoms with Crippen molar-refractivity contribution in [3.8, 4) is 0 Å². The van der Waals surface area contributed by atoms with Crippen molar-refractivity contribution < 1.29 is 0 Å². The van der Waals surface area contributed by atoms with Crippen LogP contribution in [-0.4, -0.2) is 16.7 Å². The number of hydrogen-bond acceptors (Lipinski definition) is 2. The van der Waals surface area contributed by atoms with Crippen molar-refractivity contribution in [2.24, 2.45) is 4.99 Å². The molecule has 0 amide bonds. The minimum Gasteiger partial charge on any atom is -0.287 e. The van der Waals surface area contributed by atoms with Gasteiger partial charge >= 0.3 is 0 Å². The van der Waals surface area contributed by atoms with Gasteiger partial charge in [-0.25, -0.2) is 4.98 Å². The molecule has 0 saturated heterocycles. The molecular weight excluding hydrogens is 231 g/mol. The van der Waals surface area contributed by atoms with Gasteiger partial charge in [0.25, 0.3) is 0 Å². The highest BCUT2D eigenvalue weighted by Gasteiger charge is 2.08. The maximum Gasteiger partial charge on any atom is 0.139 e. The van der Waals surface area contributed by atoms with Gasteiger partial charge in [-0.05, 0) is 39.3 Å². The maximum absolute atomic E-state index is 5.98. The van der Waals surface area contributed by atoms with Gasteiger partial charge in [-0.2, -0.15) is 0 Å². The van der Waals surface area contributed by atoms with E-state index in [4.69, 9.17) is 23.2 Å². The molecule has 1 heterocycles. The Bertz CT molecular complexity index is 369. The summed E-state index contributed by atoms with van der Waals surface area (Å²) in [5.41, 5.74) is 1.69. The molecule has 0 fully saturated rings. The van der Waals surface area contributed by atoms with Gasteiger partial charge in [0, 0.05) is 11.8 Å². The molecule has 0 spiro atoms. The summed E-state index contributed by atoms with van der Waals surface area (Å²) in [5.74, 6) is 0. The van der Waals surface area contributed by atoms with Gasteiger partial charge in [0.05, 0.1) is 5.54 Å². The fourth-order valence-electron chi connectivity index (χ4n) is 1.02. The zero-order valence-electron chi connectivity index (χ0n) is 9.31. The first-order chi connectivity index (χ1) is 6.79. The second-order valence-corrected chi connectivity index (χ2v) is 5.14. The van der Waals surface area contributed by atoms with Gasteiger partial charge in [-0.3, -0.25) is 4.99 Å². The number of rotatable bonds is 1. The molecule has 0 bridgehead atoms. The Balaban J connectivity index is 3.11. The Kier molecular flexibility index (Phi) is 3.74. The lowest BCUT2D eigenvalue weighted by molar-refractivity contribution is 0.586. The van der Waals surface area contributed by atoms with E-state index in [1.807, 2.05) is 27.7 Å². The van der Waals surface area contributed by atoms with Crippen molar-refractivity contribution in [2.45, 2.75) is 33.2 Å². The van der Waals surface area contributed by atoms with E-state index in [1.54, 1.807) is 12.3 Å². The van der Waals surface area contributed by atoms with Gasteiger partial charge in [0.1, 0.15) is 10.3 Å². The largest absolute Gasteiger partial charge is 0.287 e. The SMILES string of the molecule is Cc1cc(Cl)nc(Cl)c1/C=N/C(C)(C)C. The molecule has 0 aliphatic rings. The lowest BCUT2D eigenvalue weighted by atomic mass is 10.1. The van der Waals surface area contributed by atoms with Gasteiger partial charge in [-0.1, -0.05) is 23.2 Å². The molecular formula is C11H14Cl2N2. The molecule has 0 atom stereocenters. The van der Waals surface area contributed by atoms with Crippen LogP contribution in [0.1, 0.15) is 31.9 Å². The highest BCUT2D eigenvalue weighted by molar-refractivity contribution is 6.34. The Morgan fingerprint density at radius 3 is 2.40 bits per heavy atom. The van der Waals surface area contributed by atoms with Gasteiger partial charge in [0.15, 0.2) is 0 Å². The Morgan fingerprint density at radius 2 is 1.93 bits per heavy atom. The molecule has 0 unspecified atom stereocenters. The van der Waals surface area contributed by atoms with E-state index < -0.39 is 0 Å².